The maximum Gasteiger partial charge on any atom is 0.0506 e. The standard InChI is InChI=1S/C14H28N2O/c1-12(7-8-15-14-5-6-14)16(2)10-13-4-3-9-17-11-13/h12-15H,3-11H2,1-2H3. The van der Waals surface area contributed by atoms with Crippen molar-refractivity contribution in [2.45, 2.75) is 51.1 Å². The fourth-order valence-electron chi connectivity index (χ4n) is 2.54. The third kappa shape index (κ3) is 4.94. The van der Waals surface area contributed by atoms with Crippen molar-refractivity contribution in [3.05, 3.63) is 0 Å². The lowest BCUT2D eigenvalue weighted by Crippen LogP contribution is -2.38. The van der Waals surface area contributed by atoms with Gasteiger partial charge in [-0.15, -0.1) is 0 Å². The summed E-state index contributed by atoms with van der Waals surface area (Å²) in [5, 5.41) is 3.59. The van der Waals surface area contributed by atoms with Gasteiger partial charge in [-0.05, 0) is 58.5 Å². The molecule has 2 aliphatic rings. The van der Waals surface area contributed by atoms with Gasteiger partial charge in [0.05, 0.1) is 6.61 Å². The van der Waals surface area contributed by atoms with E-state index in [0.29, 0.717) is 6.04 Å². The van der Waals surface area contributed by atoms with Crippen LogP contribution < -0.4 is 5.32 Å². The summed E-state index contributed by atoms with van der Waals surface area (Å²) in [6.45, 7) is 6.67. The summed E-state index contributed by atoms with van der Waals surface area (Å²) in [6, 6.07) is 1.53. The van der Waals surface area contributed by atoms with Crippen molar-refractivity contribution in [1.82, 2.24) is 10.2 Å². The lowest BCUT2D eigenvalue weighted by Gasteiger charge is -2.31. The van der Waals surface area contributed by atoms with Crippen LogP contribution in [0.1, 0.15) is 39.0 Å². The fourth-order valence-corrected chi connectivity index (χ4v) is 2.54. The van der Waals surface area contributed by atoms with Crippen LogP contribution in [-0.4, -0.2) is 50.3 Å². The molecule has 0 amide bonds. The van der Waals surface area contributed by atoms with Crippen LogP contribution in [0.2, 0.25) is 0 Å². The number of nitrogens with one attached hydrogen (secondary N) is 1. The molecule has 1 aliphatic heterocycles. The van der Waals surface area contributed by atoms with E-state index in [1.807, 2.05) is 0 Å². The van der Waals surface area contributed by atoms with E-state index < -0.39 is 0 Å². The van der Waals surface area contributed by atoms with Gasteiger partial charge in [0.1, 0.15) is 0 Å². The molecule has 3 heteroatoms. The molecule has 0 spiro atoms. The van der Waals surface area contributed by atoms with Crippen LogP contribution in [0.3, 0.4) is 0 Å². The van der Waals surface area contributed by atoms with E-state index in [9.17, 15) is 0 Å². The Bertz CT molecular complexity index is 212. The van der Waals surface area contributed by atoms with Gasteiger partial charge in [-0.25, -0.2) is 0 Å². The summed E-state index contributed by atoms with van der Waals surface area (Å²) in [7, 11) is 2.26. The lowest BCUT2D eigenvalue weighted by molar-refractivity contribution is 0.0368. The maximum absolute atomic E-state index is 5.54. The van der Waals surface area contributed by atoms with Crippen molar-refractivity contribution in [1.29, 1.82) is 0 Å². The maximum atomic E-state index is 5.54. The first kappa shape index (κ1) is 13.3. The number of rotatable bonds is 7. The van der Waals surface area contributed by atoms with Crippen LogP contribution in [0.15, 0.2) is 0 Å². The molecule has 0 aromatic heterocycles. The molecule has 100 valence electrons. The third-order valence-corrected chi connectivity index (χ3v) is 4.13. The predicted molar refractivity (Wildman–Crippen MR) is 71.3 cm³/mol. The first-order chi connectivity index (χ1) is 8.25. The highest BCUT2D eigenvalue weighted by Crippen LogP contribution is 2.19. The van der Waals surface area contributed by atoms with E-state index in [-0.39, 0.29) is 0 Å². The second-order valence-electron chi connectivity index (χ2n) is 5.89. The van der Waals surface area contributed by atoms with Crippen LogP contribution in [0, 0.1) is 5.92 Å². The van der Waals surface area contributed by atoms with Crippen molar-refractivity contribution in [2.75, 3.05) is 33.4 Å². The lowest BCUT2D eigenvalue weighted by atomic mass is 10.0. The highest BCUT2D eigenvalue weighted by atomic mass is 16.5. The highest BCUT2D eigenvalue weighted by Gasteiger charge is 2.21. The Morgan fingerprint density at radius 2 is 2.18 bits per heavy atom. The molecule has 2 unspecified atom stereocenters. The Balaban J connectivity index is 1.57. The minimum absolute atomic E-state index is 0.683. The van der Waals surface area contributed by atoms with E-state index in [4.69, 9.17) is 4.74 Å². The molecule has 3 nitrogen and oxygen atoms in total. The van der Waals surface area contributed by atoms with Crippen molar-refractivity contribution in [2.24, 2.45) is 5.92 Å². The first-order valence-electron chi connectivity index (χ1n) is 7.27. The van der Waals surface area contributed by atoms with Crippen LogP contribution in [0.25, 0.3) is 0 Å². The molecule has 17 heavy (non-hydrogen) atoms. The monoisotopic (exact) mass is 240 g/mol. The molecule has 2 atom stereocenters. The summed E-state index contributed by atoms with van der Waals surface area (Å²) >= 11 is 0. The summed E-state index contributed by atoms with van der Waals surface area (Å²) in [5.41, 5.74) is 0. The summed E-state index contributed by atoms with van der Waals surface area (Å²) in [6.07, 6.45) is 6.64. The largest absolute Gasteiger partial charge is 0.381 e. The minimum atomic E-state index is 0.683. The SMILES string of the molecule is CC(CCNC1CC1)N(C)CC1CCCOC1. The van der Waals surface area contributed by atoms with Gasteiger partial charge in [0.15, 0.2) is 0 Å². The number of ether oxygens (including phenoxy) is 1. The van der Waals surface area contributed by atoms with E-state index >= 15 is 0 Å². The third-order valence-electron chi connectivity index (χ3n) is 4.13. The van der Waals surface area contributed by atoms with Crippen molar-refractivity contribution >= 4 is 0 Å². The predicted octanol–water partition coefficient (Wildman–Crippen LogP) is 1.88. The molecule has 2 rings (SSSR count). The molecule has 1 N–H and O–H groups in total. The van der Waals surface area contributed by atoms with Gasteiger partial charge in [-0.2, -0.15) is 0 Å². The Morgan fingerprint density at radius 1 is 1.35 bits per heavy atom. The molecule has 0 bridgehead atoms. The second-order valence-corrected chi connectivity index (χ2v) is 5.89. The van der Waals surface area contributed by atoms with Gasteiger partial charge in [-0.3, -0.25) is 0 Å². The average Bonchev–Trinajstić information content (AvgIpc) is 3.14. The van der Waals surface area contributed by atoms with Crippen LogP contribution in [-0.2, 0) is 4.74 Å². The zero-order chi connectivity index (χ0) is 12.1. The van der Waals surface area contributed by atoms with Crippen molar-refractivity contribution in [3.63, 3.8) is 0 Å². The highest BCUT2D eigenvalue weighted by molar-refractivity contribution is 4.81. The molecular formula is C14H28N2O. The molecule has 0 radical (unpaired) electrons. The molecule has 0 aromatic carbocycles. The Kier molecular flexibility index (Phi) is 5.26. The smallest absolute Gasteiger partial charge is 0.0506 e. The van der Waals surface area contributed by atoms with Gasteiger partial charge < -0.3 is 15.0 Å². The molecule has 1 saturated carbocycles. The van der Waals surface area contributed by atoms with Gasteiger partial charge >= 0.3 is 0 Å². The van der Waals surface area contributed by atoms with Crippen molar-refractivity contribution in [3.8, 4) is 0 Å². The summed E-state index contributed by atoms with van der Waals surface area (Å²) in [5.74, 6) is 0.757. The number of hydrogen-bond acceptors (Lipinski definition) is 3. The van der Waals surface area contributed by atoms with Gasteiger partial charge in [0.2, 0.25) is 0 Å². The van der Waals surface area contributed by atoms with Crippen LogP contribution in [0.5, 0.6) is 0 Å². The first-order valence-corrected chi connectivity index (χ1v) is 7.27. The average molecular weight is 240 g/mol. The van der Waals surface area contributed by atoms with Gasteiger partial charge in [0.25, 0.3) is 0 Å². The molecule has 0 aromatic rings. The molecular weight excluding hydrogens is 212 g/mol. The minimum Gasteiger partial charge on any atom is -0.381 e. The normalized spacial score (nSPS) is 27.4. The van der Waals surface area contributed by atoms with E-state index in [1.54, 1.807) is 0 Å². The number of nitrogens with zero attached hydrogens (tertiary/aromatic N) is 1. The van der Waals surface area contributed by atoms with Crippen LogP contribution in [0.4, 0.5) is 0 Å². The molecule has 1 heterocycles. The zero-order valence-corrected chi connectivity index (χ0v) is 11.5. The fraction of sp³-hybridized carbons (Fsp3) is 1.00. The summed E-state index contributed by atoms with van der Waals surface area (Å²) < 4.78 is 5.54. The Labute approximate surface area is 106 Å². The molecule has 1 aliphatic carbocycles. The van der Waals surface area contributed by atoms with E-state index in [1.165, 1.54) is 45.2 Å². The Morgan fingerprint density at radius 3 is 2.82 bits per heavy atom. The van der Waals surface area contributed by atoms with Gasteiger partial charge in [-0.1, -0.05) is 0 Å². The summed E-state index contributed by atoms with van der Waals surface area (Å²) in [4.78, 5) is 2.51. The van der Waals surface area contributed by atoms with Gasteiger partial charge in [0, 0.05) is 25.2 Å². The quantitative estimate of drug-likeness (QED) is 0.735. The Hall–Kier alpha value is -0.120. The van der Waals surface area contributed by atoms with Crippen molar-refractivity contribution < 1.29 is 4.74 Å². The van der Waals surface area contributed by atoms with E-state index in [0.717, 1.165) is 25.2 Å². The topological polar surface area (TPSA) is 24.5 Å². The molecule has 1 saturated heterocycles. The second kappa shape index (κ2) is 6.72. The molecule has 2 fully saturated rings. The zero-order valence-electron chi connectivity index (χ0n) is 11.5. The number of hydrogen-bond donors (Lipinski definition) is 1. The van der Waals surface area contributed by atoms with E-state index in [2.05, 4.69) is 24.2 Å². The van der Waals surface area contributed by atoms with Crippen LogP contribution >= 0.6 is 0 Å².